The maximum absolute atomic E-state index is 10.8. The molecule has 3 nitrogen and oxygen atoms in total. The van der Waals surface area contributed by atoms with Gasteiger partial charge < -0.3 is 4.57 Å². The van der Waals surface area contributed by atoms with Crippen molar-refractivity contribution in [3.05, 3.63) is 53.6 Å². The molecule has 0 fully saturated rings. The number of rotatable bonds is 3. The lowest BCUT2D eigenvalue weighted by Gasteiger charge is -2.30. The molecule has 0 aliphatic heterocycles. The summed E-state index contributed by atoms with van der Waals surface area (Å²) in [5.74, 6) is 0.532. The van der Waals surface area contributed by atoms with E-state index >= 15 is 0 Å². The maximum Gasteiger partial charge on any atom is 0.168 e. The van der Waals surface area contributed by atoms with E-state index in [4.69, 9.17) is 0 Å². The first-order valence-electron chi connectivity index (χ1n) is 5.41. The summed E-state index contributed by atoms with van der Waals surface area (Å²) in [5.41, 5.74) is 3.50. The van der Waals surface area contributed by atoms with Crippen molar-refractivity contribution in [1.82, 2.24) is 9.55 Å². The SMILES string of the molecule is O=Cc1cncn1CC1Cc2ccccc21. The smallest absolute Gasteiger partial charge is 0.168 e. The molecular weight excluding hydrogens is 200 g/mol. The van der Waals surface area contributed by atoms with E-state index in [1.807, 2.05) is 4.57 Å². The molecule has 3 heteroatoms. The monoisotopic (exact) mass is 212 g/mol. The standard InChI is InChI=1S/C13H12N2O/c16-8-12-6-14-9-15(12)7-11-5-10-3-1-2-4-13(10)11/h1-4,6,8-9,11H,5,7H2. The van der Waals surface area contributed by atoms with E-state index in [1.54, 1.807) is 12.5 Å². The van der Waals surface area contributed by atoms with Gasteiger partial charge >= 0.3 is 0 Å². The van der Waals surface area contributed by atoms with Crippen LogP contribution in [0.5, 0.6) is 0 Å². The number of hydrogen-bond acceptors (Lipinski definition) is 2. The molecule has 1 heterocycles. The van der Waals surface area contributed by atoms with E-state index in [0.29, 0.717) is 11.6 Å². The molecule has 0 spiro atoms. The lowest BCUT2D eigenvalue weighted by molar-refractivity contribution is 0.111. The van der Waals surface area contributed by atoms with Crippen LogP contribution in [0.1, 0.15) is 27.5 Å². The summed E-state index contributed by atoms with van der Waals surface area (Å²) in [5, 5.41) is 0. The highest BCUT2D eigenvalue weighted by Gasteiger charge is 2.25. The lowest BCUT2D eigenvalue weighted by Crippen LogP contribution is -2.22. The molecule has 1 aliphatic rings. The summed E-state index contributed by atoms with van der Waals surface area (Å²) in [6.07, 6.45) is 5.30. The predicted molar refractivity (Wildman–Crippen MR) is 60.5 cm³/mol. The third-order valence-electron chi connectivity index (χ3n) is 3.24. The molecule has 0 bridgehead atoms. The Labute approximate surface area is 93.7 Å². The van der Waals surface area contributed by atoms with Gasteiger partial charge in [0.25, 0.3) is 0 Å². The van der Waals surface area contributed by atoms with Crippen molar-refractivity contribution in [1.29, 1.82) is 0 Å². The van der Waals surface area contributed by atoms with Crippen LogP contribution >= 0.6 is 0 Å². The van der Waals surface area contributed by atoms with Crippen molar-refractivity contribution >= 4 is 6.29 Å². The fraction of sp³-hybridized carbons (Fsp3) is 0.231. The zero-order valence-corrected chi connectivity index (χ0v) is 8.84. The van der Waals surface area contributed by atoms with E-state index in [9.17, 15) is 4.79 Å². The minimum atomic E-state index is 0.532. The normalized spacial score (nSPS) is 17.6. The first-order valence-corrected chi connectivity index (χ1v) is 5.41. The minimum absolute atomic E-state index is 0.532. The molecule has 1 aromatic carbocycles. The molecule has 1 aliphatic carbocycles. The minimum Gasteiger partial charge on any atom is -0.328 e. The molecule has 1 aromatic heterocycles. The molecule has 80 valence electrons. The number of carbonyl (C=O) groups excluding carboxylic acids is 1. The molecule has 0 amide bonds. The molecule has 0 N–H and O–H groups in total. The molecule has 0 saturated carbocycles. The highest BCUT2D eigenvalue weighted by atomic mass is 16.1. The van der Waals surface area contributed by atoms with E-state index in [0.717, 1.165) is 19.3 Å². The highest BCUT2D eigenvalue weighted by molar-refractivity contribution is 5.71. The van der Waals surface area contributed by atoms with Gasteiger partial charge in [0.2, 0.25) is 0 Å². The van der Waals surface area contributed by atoms with Gasteiger partial charge in [0.15, 0.2) is 6.29 Å². The Hall–Kier alpha value is -1.90. The first kappa shape index (κ1) is 9.33. The van der Waals surface area contributed by atoms with Gasteiger partial charge in [0, 0.05) is 12.5 Å². The van der Waals surface area contributed by atoms with E-state index in [2.05, 4.69) is 29.2 Å². The van der Waals surface area contributed by atoms with Crippen LogP contribution in [0.15, 0.2) is 36.8 Å². The molecule has 0 saturated heterocycles. The highest BCUT2D eigenvalue weighted by Crippen LogP contribution is 2.35. The second-order valence-electron chi connectivity index (χ2n) is 4.19. The summed E-state index contributed by atoms with van der Waals surface area (Å²) in [4.78, 5) is 14.8. The Morgan fingerprint density at radius 3 is 3.12 bits per heavy atom. The number of benzene rings is 1. The van der Waals surface area contributed by atoms with Gasteiger partial charge in [-0.25, -0.2) is 4.98 Å². The Morgan fingerprint density at radius 2 is 2.31 bits per heavy atom. The van der Waals surface area contributed by atoms with Crippen molar-refractivity contribution in [2.45, 2.75) is 18.9 Å². The largest absolute Gasteiger partial charge is 0.328 e. The average Bonchev–Trinajstić information content (AvgIpc) is 2.73. The van der Waals surface area contributed by atoms with Gasteiger partial charge in [0.1, 0.15) is 5.69 Å². The number of nitrogens with zero attached hydrogens (tertiary/aromatic N) is 2. The van der Waals surface area contributed by atoms with Crippen LogP contribution in [-0.2, 0) is 13.0 Å². The van der Waals surface area contributed by atoms with Gasteiger partial charge in [-0.3, -0.25) is 4.79 Å². The van der Waals surface area contributed by atoms with Crippen LogP contribution in [0.25, 0.3) is 0 Å². The third kappa shape index (κ3) is 1.36. The zero-order chi connectivity index (χ0) is 11.0. The fourth-order valence-corrected chi connectivity index (χ4v) is 2.34. The average molecular weight is 212 g/mol. The van der Waals surface area contributed by atoms with Crippen LogP contribution in [0, 0.1) is 0 Å². The topological polar surface area (TPSA) is 34.9 Å². The second kappa shape index (κ2) is 3.59. The van der Waals surface area contributed by atoms with Crippen LogP contribution in [0.2, 0.25) is 0 Å². The maximum atomic E-state index is 10.8. The number of aldehydes is 1. The van der Waals surface area contributed by atoms with Crippen molar-refractivity contribution in [3.8, 4) is 0 Å². The number of fused-ring (bicyclic) bond motifs is 1. The summed E-state index contributed by atoms with van der Waals surface area (Å²) in [6.45, 7) is 0.852. The third-order valence-corrected chi connectivity index (χ3v) is 3.24. The van der Waals surface area contributed by atoms with E-state index in [-0.39, 0.29) is 0 Å². The lowest BCUT2D eigenvalue weighted by atomic mass is 9.77. The molecule has 2 aromatic rings. The van der Waals surface area contributed by atoms with Crippen molar-refractivity contribution in [2.24, 2.45) is 0 Å². The van der Waals surface area contributed by atoms with Gasteiger partial charge in [-0.15, -0.1) is 0 Å². The number of aromatic nitrogens is 2. The Kier molecular flexibility index (Phi) is 2.10. The van der Waals surface area contributed by atoms with Crippen LogP contribution < -0.4 is 0 Å². The van der Waals surface area contributed by atoms with E-state index in [1.165, 1.54) is 11.1 Å². The van der Waals surface area contributed by atoms with Gasteiger partial charge in [0.05, 0.1) is 12.5 Å². The van der Waals surface area contributed by atoms with Crippen LogP contribution in [0.3, 0.4) is 0 Å². The summed E-state index contributed by atoms with van der Waals surface area (Å²) >= 11 is 0. The zero-order valence-electron chi connectivity index (χ0n) is 8.84. The number of imidazole rings is 1. The molecule has 0 radical (unpaired) electrons. The van der Waals surface area contributed by atoms with Gasteiger partial charge in [-0.1, -0.05) is 24.3 Å². The Bertz CT molecular complexity index is 530. The molecule has 16 heavy (non-hydrogen) atoms. The summed E-state index contributed by atoms with van der Waals surface area (Å²) < 4.78 is 1.92. The van der Waals surface area contributed by atoms with Crippen molar-refractivity contribution in [2.75, 3.05) is 0 Å². The predicted octanol–water partition coefficient (Wildman–Crippen LogP) is 2.04. The first-order chi connectivity index (χ1) is 7.88. The fourth-order valence-electron chi connectivity index (χ4n) is 2.34. The molecule has 3 rings (SSSR count). The van der Waals surface area contributed by atoms with Gasteiger partial charge in [-0.2, -0.15) is 0 Å². The Morgan fingerprint density at radius 1 is 1.44 bits per heavy atom. The second-order valence-corrected chi connectivity index (χ2v) is 4.19. The van der Waals surface area contributed by atoms with Crippen LogP contribution in [0.4, 0.5) is 0 Å². The quantitative estimate of drug-likeness (QED) is 0.730. The van der Waals surface area contributed by atoms with Crippen molar-refractivity contribution in [3.63, 3.8) is 0 Å². The van der Waals surface area contributed by atoms with Crippen LogP contribution in [-0.4, -0.2) is 15.8 Å². The van der Waals surface area contributed by atoms with Crippen molar-refractivity contribution < 1.29 is 4.79 Å². The molecule has 1 unspecified atom stereocenters. The number of carbonyl (C=O) groups is 1. The Balaban J connectivity index is 1.82. The van der Waals surface area contributed by atoms with E-state index < -0.39 is 0 Å². The molecular formula is C13H12N2O. The van der Waals surface area contributed by atoms with Gasteiger partial charge in [-0.05, 0) is 17.5 Å². The summed E-state index contributed by atoms with van der Waals surface area (Å²) in [7, 11) is 0. The molecule has 1 atom stereocenters. The number of hydrogen-bond donors (Lipinski definition) is 0. The summed E-state index contributed by atoms with van der Waals surface area (Å²) in [6, 6.07) is 8.48.